The van der Waals surface area contributed by atoms with Crippen molar-refractivity contribution in [1.29, 1.82) is 0 Å². The first-order valence-corrected chi connectivity index (χ1v) is 21.7. The lowest BCUT2D eigenvalue weighted by atomic mass is 9.83. The predicted molar refractivity (Wildman–Crippen MR) is 227 cm³/mol. The molecule has 6 heterocycles. The number of aryl methyl sites for hydroxylation is 1. The number of nitrogens with zero attached hydrogens (tertiary/aromatic N) is 6. The lowest BCUT2D eigenvalue weighted by Crippen LogP contribution is -2.70. The van der Waals surface area contributed by atoms with Crippen molar-refractivity contribution in [2.45, 2.75) is 116 Å². The Balaban J connectivity index is 1.38. The van der Waals surface area contributed by atoms with Crippen molar-refractivity contribution in [1.82, 2.24) is 34.2 Å². The summed E-state index contributed by atoms with van der Waals surface area (Å²) in [5, 5.41) is 6.64. The highest BCUT2D eigenvalue weighted by Crippen LogP contribution is 2.43. The maximum Gasteiger partial charge on any atom is 0.326 e. The monoisotopic (exact) mass is 828 g/mol. The van der Waals surface area contributed by atoms with Gasteiger partial charge in [-0.2, -0.15) is 4.41 Å². The Labute approximate surface area is 348 Å². The van der Waals surface area contributed by atoms with Gasteiger partial charge in [0.25, 0.3) is 5.91 Å². The van der Waals surface area contributed by atoms with E-state index in [2.05, 4.69) is 79.0 Å². The quantitative estimate of drug-likeness (QED) is 0.122. The van der Waals surface area contributed by atoms with Crippen LogP contribution in [0.5, 0.6) is 0 Å². The van der Waals surface area contributed by atoms with E-state index in [1.807, 2.05) is 25.3 Å². The lowest BCUT2D eigenvalue weighted by molar-refractivity contribution is -0.165. The summed E-state index contributed by atoms with van der Waals surface area (Å²) < 4.78 is 15.8. The zero-order chi connectivity index (χ0) is 41.1. The van der Waals surface area contributed by atoms with Gasteiger partial charge in [0.1, 0.15) is 16.8 Å². The number of benzene rings is 1. The van der Waals surface area contributed by atoms with Crippen LogP contribution < -0.4 is 5.32 Å². The molecule has 15 heteroatoms. The second-order valence-corrected chi connectivity index (χ2v) is 19.4. The Morgan fingerprint density at radius 3 is 2.61 bits per heavy atom. The number of hydrogen-bond donors (Lipinski definition) is 2. The molecular formula is C42H54N7O5S2Si. The van der Waals surface area contributed by atoms with E-state index in [1.54, 1.807) is 18.2 Å². The minimum absolute atomic E-state index is 0.0696. The number of methoxy groups -OCH3 is 1. The van der Waals surface area contributed by atoms with Gasteiger partial charge in [-0.05, 0) is 89.6 Å². The summed E-state index contributed by atoms with van der Waals surface area (Å²) in [5.41, 5.74) is 5.28. The fourth-order valence-electron chi connectivity index (χ4n) is 8.41. The van der Waals surface area contributed by atoms with Crippen molar-refractivity contribution in [3.63, 3.8) is 0 Å². The molecule has 3 aliphatic heterocycles. The number of cyclic esters (lactones) is 1. The van der Waals surface area contributed by atoms with Gasteiger partial charge in [0.2, 0.25) is 0 Å². The first kappa shape index (κ1) is 41.4. The molecule has 1 aromatic carbocycles. The second kappa shape index (κ2) is 15.4. The molecule has 0 aliphatic carbocycles. The molecule has 3 amide bonds. The average molecular weight is 829 g/mol. The molecule has 4 aromatic rings. The van der Waals surface area contributed by atoms with Gasteiger partial charge in [0.15, 0.2) is 0 Å². The molecule has 3 aromatic heterocycles. The molecule has 0 saturated carbocycles. The van der Waals surface area contributed by atoms with Crippen LogP contribution in [0.15, 0.2) is 41.9 Å². The molecule has 12 nitrogen and oxygen atoms in total. The third-order valence-electron chi connectivity index (χ3n) is 12.3. The molecular weight excluding hydrogens is 775 g/mol. The Hall–Kier alpha value is -3.76. The third kappa shape index (κ3) is 7.54. The molecule has 3 aliphatic rings. The van der Waals surface area contributed by atoms with Gasteiger partial charge in [0, 0.05) is 77.7 Å². The van der Waals surface area contributed by atoms with Crippen LogP contribution in [0.2, 0.25) is 0 Å². The molecule has 0 spiro atoms. The summed E-state index contributed by atoms with van der Waals surface area (Å²) in [4.78, 5) is 54.3. The Morgan fingerprint density at radius 2 is 1.93 bits per heavy atom. The highest BCUT2D eigenvalue weighted by Gasteiger charge is 2.48. The van der Waals surface area contributed by atoms with Gasteiger partial charge in [-0.15, -0.1) is 11.3 Å². The van der Waals surface area contributed by atoms with E-state index in [9.17, 15) is 14.4 Å². The van der Waals surface area contributed by atoms with Crippen LogP contribution >= 0.6 is 24.2 Å². The summed E-state index contributed by atoms with van der Waals surface area (Å²) in [6.07, 6.45) is 5.15. The van der Waals surface area contributed by atoms with Gasteiger partial charge in [-0.3, -0.25) is 19.6 Å². The maximum absolute atomic E-state index is 14.7. The van der Waals surface area contributed by atoms with Crippen LogP contribution in [0.4, 0.5) is 4.79 Å². The van der Waals surface area contributed by atoms with Crippen molar-refractivity contribution in [3.05, 3.63) is 58.2 Å². The minimum atomic E-state index is -1.58. The van der Waals surface area contributed by atoms with Crippen LogP contribution in [0, 0.1) is 5.41 Å². The summed E-state index contributed by atoms with van der Waals surface area (Å²) in [7, 11) is 5.52. The summed E-state index contributed by atoms with van der Waals surface area (Å²) in [6.45, 7) is 16.3. The van der Waals surface area contributed by atoms with E-state index in [0.717, 1.165) is 57.5 Å². The Bertz CT molecular complexity index is 2200. The number of hydrazine groups is 1. The van der Waals surface area contributed by atoms with Crippen LogP contribution in [0.1, 0.15) is 90.4 Å². The molecule has 3 atom stereocenters. The zero-order valence-corrected chi connectivity index (χ0v) is 37.0. The Kier molecular flexibility index (Phi) is 11.2. The average Bonchev–Trinajstić information content (AvgIpc) is 3.76. The first-order valence-electron chi connectivity index (χ1n) is 19.9. The van der Waals surface area contributed by atoms with Crippen molar-refractivity contribution in [3.8, 4) is 22.5 Å². The highest BCUT2D eigenvalue weighted by molar-refractivity contribution is 7.77. The van der Waals surface area contributed by atoms with Gasteiger partial charge in [-0.25, -0.2) is 9.78 Å². The number of amides is 3. The van der Waals surface area contributed by atoms with E-state index in [-0.39, 0.29) is 24.6 Å². The molecule has 1 N–H and O–H groups in total. The number of hydrogen-bond acceptors (Lipinski definition) is 10. The number of fused-ring (bicyclic) bond motifs is 6. The summed E-state index contributed by atoms with van der Waals surface area (Å²) >= 11 is 6.18. The number of likely N-dealkylation sites (tertiary alicyclic amines) is 1. The second-order valence-electron chi connectivity index (χ2n) is 17.2. The minimum Gasteiger partial charge on any atom is -0.464 e. The number of esters is 1. The lowest BCUT2D eigenvalue weighted by Gasteiger charge is -2.51. The summed E-state index contributed by atoms with van der Waals surface area (Å²) in [6, 6.07) is 9.35. The first-order chi connectivity index (χ1) is 27.0. The number of rotatable bonds is 6. The topological polar surface area (TPSA) is 122 Å². The summed E-state index contributed by atoms with van der Waals surface area (Å²) in [5.74, 6) is -0.901. The molecule has 7 rings (SSSR count). The number of thiazole rings is 1. The van der Waals surface area contributed by atoms with E-state index in [0.29, 0.717) is 43.9 Å². The largest absolute Gasteiger partial charge is 0.464 e. The van der Waals surface area contributed by atoms with Crippen LogP contribution in [0.25, 0.3) is 33.4 Å². The third-order valence-corrected chi connectivity index (χ3v) is 14.1. The highest BCUT2D eigenvalue weighted by atomic mass is 32.1. The normalized spacial score (nSPS) is 24.6. The van der Waals surface area contributed by atoms with E-state index in [1.165, 1.54) is 20.8 Å². The fourth-order valence-corrected chi connectivity index (χ4v) is 10.2. The Morgan fingerprint density at radius 1 is 1.16 bits per heavy atom. The molecule has 6 bridgehead atoms. The van der Waals surface area contributed by atoms with E-state index in [4.69, 9.17) is 32.3 Å². The van der Waals surface area contributed by atoms with Crippen molar-refractivity contribution in [2.24, 2.45) is 5.41 Å². The van der Waals surface area contributed by atoms with Crippen molar-refractivity contribution in [2.75, 3.05) is 26.8 Å². The SMILES string of the molecule is CCn1c(-c2cccnc2C(C)(C)OC)c2c3cc(ccc31)-c1csc(n1)CC([Si])(NC(=O)N1CC[C@@]1(C)CC)C(=O)N1CCC[C@@H](C(=O)OCC(C)(C)C2)N1S. The number of carbonyl (C=O) groups is 3. The smallest absolute Gasteiger partial charge is 0.326 e. The van der Waals surface area contributed by atoms with Crippen LogP contribution in [-0.2, 0) is 44.1 Å². The fraction of sp³-hybridized carbons (Fsp3) is 0.548. The number of aromatic nitrogens is 3. The van der Waals surface area contributed by atoms with E-state index < -0.39 is 34.1 Å². The molecule has 2 fully saturated rings. The van der Waals surface area contributed by atoms with Crippen LogP contribution in [0.3, 0.4) is 0 Å². The number of pyridine rings is 1. The molecule has 303 valence electrons. The standard InChI is InChI=1S/C42H54N7O5S2Si/c1-9-41(7)17-20-47(41)38(52)45-42(57)23-33-44-30(24-56-33)26-15-16-31-28(21-26)29(34(46(31)10-2)27-13-11-18-43-35(27)40(5,6)53-8)22-39(3,4)25-54-36(50)32-14-12-19-48(37(42)51)49(32)55/h11,13,15-16,18,21,24,32,55H,9-10,12,14,17,19-20,22-23,25H2,1-8H3,(H,45,52)/t32-,41+,42?/m0/s1. The molecule has 57 heavy (non-hydrogen) atoms. The predicted octanol–water partition coefficient (Wildman–Crippen LogP) is 6.90. The van der Waals surface area contributed by atoms with E-state index >= 15 is 0 Å². The number of thiol groups is 1. The number of urea groups is 1. The van der Waals surface area contributed by atoms with Crippen molar-refractivity contribution < 1.29 is 23.9 Å². The molecule has 3 radical (unpaired) electrons. The van der Waals surface area contributed by atoms with Gasteiger partial charge in [-0.1, -0.05) is 39.7 Å². The number of nitrogens with one attached hydrogen (secondary N) is 1. The molecule has 1 unspecified atom stereocenters. The van der Waals surface area contributed by atoms with Crippen molar-refractivity contribution >= 4 is 63.2 Å². The maximum atomic E-state index is 14.7. The van der Waals surface area contributed by atoms with Gasteiger partial charge >= 0.3 is 12.0 Å². The van der Waals surface area contributed by atoms with Gasteiger partial charge in [0.05, 0.1) is 38.9 Å². The molecule has 2 saturated heterocycles. The number of carbonyl (C=O) groups excluding carboxylic acids is 3. The van der Waals surface area contributed by atoms with Gasteiger partial charge < -0.3 is 24.3 Å². The number of ether oxygens (including phenoxy) is 2. The zero-order valence-electron chi connectivity index (χ0n) is 34.3. The van der Waals surface area contributed by atoms with Crippen LogP contribution in [-0.4, -0.2) is 101 Å².